The molecule has 0 fully saturated rings. The van der Waals surface area contributed by atoms with Crippen LogP contribution in [0.4, 0.5) is 0 Å². The fourth-order valence-corrected chi connectivity index (χ4v) is 0. The summed E-state index contributed by atoms with van der Waals surface area (Å²) in [5.41, 5.74) is 0. The van der Waals surface area contributed by atoms with Crippen molar-refractivity contribution >= 4 is 32.1 Å². The quantitative estimate of drug-likeness (QED) is 0.345. The van der Waals surface area contributed by atoms with Crippen molar-refractivity contribution in [2.45, 2.75) is 0 Å². The maximum absolute atomic E-state index is 8.80. The molecule has 0 aliphatic carbocycles. The van der Waals surface area contributed by atoms with Gasteiger partial charge in [0.1, 0.15) is 9.05 Å². The van der Waals surface area contributed by atoms with Crippen LogP contribution in [0.5, 0.6) is 0 Å². The molecule has 0 aliphatic rings. The Morgan fingerprint density at radius 3 is 1.12 bits per heavy atom. The second kappa shape index (κ2) is 8.75. The Morgan fingerprint density at radius 2 is 1.12 bits per heavy atom. The molecule has 0 rings (SSSR count). The molecule has 0 unspecified atom stereocenters. The standard InChI is InChI=1S/FH.Mg.Na.H2O4Si/c;;;1-5(2,3)4/h1H;;;1-2H/q;+2;+1;-2/p-1. The van der Waals surface area contributed by atoms with Crippen LogP contribution < -0.4 is 43.9 Å². The van der Waals surface area contributed by atoms with Gasteiger partial charge in [0, 0.05) is 0 Å². The van der Waals surface area contributed by atoms with Gasteiger partial charge < -0.3 is 23.9 Å². The van der Waals surface area contributed by atoms with E-state index in [1.165, 1.54) is 0 Å². The van der Waals surface area contributed by atoms with Crippen LogP contribution >= 0.6 is 0 Å². The normalized spacial score (nSPS) is 7.50. The Balaban J connectivity index is -0.0000000267. The summed E-state index contributed by atoms with van der Waals surface area (Å²) >= 11 is 0. The molecule has 0 spiro atoms. The Hall–Kier alpha value is 1.75. The molecule has 0 aromatic heterocycles. The molecule has 0 radical (unpaired) electrons. The first-order valence-corrected chi connectivity index (χ1v) is 2.57. The largest absolute Gasteiger partial charge is 2.00 e. The van der Waals surface area contributed by atoms with Gasteiger partial charge in [-0.3, -0.25) is 0 Å². The zero-order valence-corrected chi connectivity index (χ0v) is 8.71. The molecule has 0 saturated heterocycles. The van der Waals surface area contributed by atoms with Gasteiger partial charge in [-0.25, -0.2) is 0 Å². The van der Waals surface area contributed by atoms with Gasteiger partial charge in [0.2, 0.25) is 0 Å². The first-order chi connectivity index (χ1) is 2.00. The minimum atomic E-state index is -5.11. The molecule has 4 nitrogen and oxygen atoms in total. The van der Waals surface area contributed by atoms with Gasteiger partial charge in [0.25, 0.3) is 0 Å². The number of hydrogen-bond donors (Lipinski definition) is 2. The summed E-state index contributed by atoms with van der Waals surface area (Å²) in [4.78, 5) is 31.8. The first kappa shape index (κ1) is 22.6. The van der Waals surface area contributed by atoms with E-state index in [9.17, 15) is 0 Å². The van der Waals surface area contributed by atoms with Crippen LogP contribution in [0.1, 0.15) is 0 Å². The van der Waals surface area contributed by atoms with E-state index < -0.39 is 9.05 Å². The minimum Gasteiger partial charge on any atom is -1.00 e. The Labute approximate surface area is 84.8 Å². The monoisotopic (exact) mass is 160 g/mol. The fraction of sp³-hybridized carbons (Fsp3) is 0. The molecule has 0 amide bonds. The van der Waals surface area contributed by atoms with Crippen LogP contribution in [-0.4, -0.2) is 41.7 Å². The average molecular weight is 160 g/mol. The molecule has 0 aromatic carbocycles. The molecule has 0 bridgehead atoms. The number of rotatable bonds is 0. The third-order valence-corrected chi connectivity index (χ3v) is 0. The summed E-state index contributed by atoms with van der Waals surface area (Å²) in [6, 6.07) is 0. The van der Waals surface area contributed by atoms with Crippen LogP contribution in [0.25, 0.3) is 0 Å². The van der Waals surface area contributed by atoms with Crippen molar-refractivity contribution in [1.82, 2.24) is 0 Å². The van der Waals surface area contributed by atoms with Crippen molar-refractivity contribution in [3.63, 3.8) is 0 Å². The zero-order valence-electron chi connectivity index (χ0n) is 4.30. The SMILES string of the molecule is [F-].[Mg+2].[Na+].[O-][Si]([O-])(O)O. The predicted molar refractivity (Wildman–Crippen MR) is 15.9 cm³/mol. The van der Waals surface area contributed by atoms with Crippen LogP contribution in [0, 0.1) is 0 Å². The summed E-state index contributed by atoms with van der Waals surface area (Å²) in [7, 11) is -5.11. The van der Waals surface area contributed by atoms with Gasteiger partial charge in [-0.05, 0) is 0 Å². The maximum Gasteiger partial charge on any atom is 2.00 e. The van der Waals surface area contributed by atoms with E-state index in [4.69, 9.17) is 19.2 Å². The summed E-state index contributed by atoms with van der Waals surface area (Å²) in [5, 5.41) is 0. The van der Waals surface area contributed by atoms with Crippen LogP contribution in [0.3, 0.4) is 0 Å². The molecule has 8 heavy (non-hydrogen) atoms. The second-order valence-corrected chi connectivity index (χ2v) is 1.65. The van der Waals surface area contributed by atoms with Crippen molar-refractivity contribution in [2.75, 3.05) is 0 Å². The van der Waals surface area contributed by atoms with E-state index in [0.717, 1.165) is 0 Å². The third-order valence-electron chi connectivity index (χ3n) is 0. The molecule has 0 heterocycles. The summed E-state index contributed by atoms with van der Waals surface area (Å²) < 4.78 is 0. The molecule has 0 atom stereocenters. The predicted octanol–water partition coefficient (Wildman–Crippen LogP) is -10.2. The number of halogens is 1. The topological polar surface area (TPSA) is 86.6 Å². The van der Waals surface area contributed by atoms with Crippen LogP contribution in [-0.2, 0) is 0 Å². The Morgan fingerprint density at radius 1 is 1.12 bits per heavy atom. The molecule has 8 heteroatoms. The van der Waals surface area contributed by atoms with Crippen LogP contribution in [0.15, 0.2) is 0 Å². The van der Waals surface area contributed by atoms with Gasteiger partial charge in [0.15, 0.2) is 0 Å². The van der Waals surface area contributed by atoms with E-state index in [1.807, 2.05) is 0 Å². The van der Waals surface area contributed by atoms with Crippen molar-refractivity contribution in [2.24, 2.45) is 0 Å². The molecule has 2 N–H and O–H groups in total. The van der Waals surface area contributed by atoms with Gasteiger partial charge in [-0.2, -0.15) is 0 Å². The molecular weight excluding hydrogens is 158 g/mol. The van der Waals surface area contributed by atoms with E-state index in [1.54, 1.807) is 0 Å². The summed E-state index contributed by atoms with van der Waals surface area (Å²) in [6.45, 7) is 0. The van der Waals surface area contributed by atoms with E-state index in [-0.39, 0.29) is 57.3 Å². The van der Waals surface area contributed by atoms with Crippen LogP contribution in [0.2, 0.25) is 0 Å². The van der Waals surface area contributed by atoms with Crippen molar-refractivity contribution in [1.29, 1.82) is 0 Å². The number of hydrogen-bond acceptors (Lipinski definition) is 4. The molecule has 0 aliphatic heterocycles. The van der Waals surface area contributed by atoms with Crippen molar-refractivity contribution < 1.29 is 53.4 Å². The summed E-state index contributed by atoms with van der Waals surface area (Å²) in [6.07, 6.45) is 0. The van der Waals surface area contributed by atoms with Gasteiger partial charge in [0.05, 0.1) is 0 Å². The van der Waals surface area contributed by atoms with Crippen molar-refractivity contribution in [3.05, 3.63) is 0 Å². The average Bonchev–Trinajstić information content (AvgIpc) is 0.722. The van der Waals surface area contributed by atoms with E-state index in [0.29, 0.717) is 0 Å². The van der Waals surface area contributed by atoms with Gasteiger partial charge in [-0.1, -0.05) is 0 Å². The molecular formula is H2FMgNaO4Si. The Bertz CT molecular complexity index is 31.5. The second-order valence-electron chi connectivity index (χ2n) is 0.548. The van der Waals surface area contributed by atoms with Crippen molar-refractivity contribution in [3.8, 4) is 0 Å². The zero-order chi connectivity index (χ0) is 4.50. The molecule has 40 valence electrons. The maximum atomic E-state index is 8.80. The molecule has 0 saturated carbocycles. The minimum absolute atomic E-state index is 0. The first-order valence-electron chi connectivity index (χ1n) is 0.855. The molecule has 0 aromatic rings. The summed E-state index contributed by atoms with van der Waals surface area (Å²) in [5.74, 6) is 0. The van der Waals surface area contributed by atoms with E-state index >= 15 is 0 Å². The smallest absolute Gasteiger partial charge is 1.00 e. The van der Waals surface area contributed by atoms with E-state index in [2.05, 4.69) is 0 Å². The Kier molecular flexibility index (Phi) is 24.7. The third kappa shape index (κ3) is 115. The van der Waals surface area contributed by atoms with Gasteiger partial charge in [-0.15, -0.1) is 0 Å². The van der Waals surface area contributed by atoms with Gasteiger partial charge >= 0.3 is 52.6 Å². The fourth-order valence-electron chi connectivity index (χ4n) is 0.